The molecule has 0 aromatic heterocycles. The van der Waals surface area contributed by atoms with Crippen molar-refractivity contribution in [2.75, 3.05) is 11.9 Å². The molecule has 0 bridgehead atoms. The van der Waals surface area contributed by atoms with Crippen molar-refractivity contribution in [1.29, 1.82) is 0 Å². The predicted octanol–water partition coefficient (Wildman–Crippen LogP) is 5.86. The Balaban J connectivity index is 1.84. The molecule has 1 amide bonds. The second-order valence-electron chi connectivity index (χ2n) is 7.07. The molecule has 0 fully saturated rings. The van der Waals surface area contributed by atoms with Crippen molar-refractivity contribution in [2.45, 2.75) is 13.8 Å². The highest BCUT2D eigenvalue weighted by atomic mass is 35.5. The van der Waals surface area contributed by atoms with E-state index < -0.39 is 0 Å². The largest absolute Gasteiger partial charge is 0.493 e. The van der Waals surface area contributed by atoms with Gasteiger partial charge in [-0.3, -0.25) is 9.59 Å². The Morgan fingerprint density at radius 3 is 2.38 bits per heavy atom. The average molecular weight is 408 g/mol. The highest BCUT2D eigenvalue weighted by Crippen LogP contribution is 2.25. The molecule has 0 spiro atoms. The molecule has 0 atom stereocenters. The molecule has 0 heterocycles. The molecular formula is C24H22ClNO3. The van der Waals surface area contributed by atoms with Crippen molar-refractivity contribution in [2.24, 2.45) is 5.92 Å². The highest BCUT2D eigenvalue weighted by molar-refractivity contribution is 6.31. The Hall–Kier alpha value is -3.11. The van der Waals surface area contributed by atoms with Crippen LogP contribution in [0.5, 0.6) is 5.75 Å². The molecule has 0 saturated carbocycles. The molecule has 0 aliphatic heterocycles. The molecule has 29 heavy (non-hydrogen) atoms. The van der Waals surface area contributed by atoms with Crippen LogP contribution >= 0.6 is 11.6 Å². The van der Waals surface area contributed by atoms with E-state index in [0.717, 1.165) is 0 Å². The number of hydrogen-bond donors (Lipinski definition) is 1. The summed E-state index contributed by atoms with van der Waals surface area (Å²) in [5.74, 6) is 0.470. The van der Waals surface area contributed by atoms with Crippen LogP contribution in [0.2, 0.25) is 5.02 Å². The molecule has 1 N–H and O–H groups in total. The number of halogens is 1. The molecule has 5 heteroatoms. The summed E-state index contributed by atoms with van der Waals surface area (Å²) in [4.78, 5) is 25.7. The predicted molar refractivity (Wildman–Crippen MR) is 116 cm³/mol. The van der Waals surface area contributed by atoms with Crippen molar-refractivity contribution in [3.8, 4) is 5.75 Å². The molecule has 3 aromatic rings. The van der Waals surface area contributed by atoms with Crippen LogP contribution in [0.4, 0.5) is 5.69 Å². The van der Waals surface area contributed by atoms with E-state index in [0.29, 0.717) is 45.7 Å². The number of ether oxygens (including phenoxy) is 1. The molecule has 148 valence electrons. The number of benzene rings is 3. The Bertz CT molecular complexity index is 1020. The highest BCUT2D eigenvalue weighted by Gasteiger charge is 2.17. The van der Waals surface area contributed by atoms with Gasteiger partial charge in [-0.25, -0.2) is 0 Å². The van der Waals surface area contributed by atoms with Crippen LogP contribution < -0.4 is 10.1 Å². The number of hydrogen-bond acceptors (Lipinski definition) is 3. The van der Waals surface area contributed by atoms with Gasteiger partial charge >= 0.3 is 0 Å². The number of ketones is 1. The van der Waals surface area contributed by atoms with Crippen LogP contribution in [-0.2, 0) is 0 Å². The van der Waals surface area contributed by atoms with E-state index in [-0.39, 0.29) is 11.7 Å². The lowest BCUT2D eigenvalue weighted by Gasteiger charge is -2.13. The molecular weight excluding hydrogens is 386 g/mol. The Kier molecular flexibility index (Phi) is 6.68. The molecule has 0 unspecified atom stereocenters. The van der Waals surface area contributed by atoms with Crippen LogP contribution in [0.15, 0.2) is 72.8 Å². The van der Waals surface area contributed by atoms with E-state index in [4.69, 9.17) is 16.3 Å². The molecule has 0 aliphatic carbocycles. The van der Waals surface area contributed by atoms with E-state index >= 15 is 0 Å². The zero-order chi connectivity index (χ0) is 20.8. The smallest absolute Gasteiger partial charge is 0.255 e. The second-order valence-corrected chi connectivity index (χ2v) is 7.51. The fourth-order valence-electron chi connectivity index (χ4n) is 2.74. The Morgan fingerprint density at radius 1 is 0.931 bits per heavy atom. The summed E-state index contributed by atoms with van der Waals surface area (Å²) in [6.07, 6.45) is 0. The summed E-state index contributed by atoms with van der Waals surface area (Å²) >= 11 is 6.10. The van der Waals surface area contributed by atoms with Gasteiger partial charge in [-0.05, 0) is 42.3 Å². The normalized spacial score (nSPS) is 10.6. The Labute approximate surface area is 175 Å². The number of anilines is 1. The lowest BCUT2D eigenvalue weighted by atomic mass is 10.0. The number of carbonyl (C=O) groups excluding carboxylic acids is 2. The van der Waals surface area contributed by atoms with E-state index in [2.05, 4.69) is 19.2 Å². The first-order valence-corrected chi connectivity index (χ1v) is 9.75. The summed E-state index contributed by atoms with van der Waals surface area (Å²) in [6, 6.07) is 20.7. The van der Waals surface area contributed by atoms with Gasteiger partial charge < -0.3 is 10.1 Å². The van der Waals surface area contributed by atoms with E-state index in [1.165, 1.54) is 0 Å². The minimum absolute atomic E-state index is 0.211. The summed E-state index contributed by atoms with van der Waals surface area (Å²) in [5.41, 5.74) is 1.71. The second kappa shape index (κ2) is 9.39. The van der Waals surface area contributed by atoms with Gasteiger partial charge in [0.25, 0.3) is 5.91 Å². The van der Waals surface area contributed by atoms with E-state index in [1.54, 1.807) is 60.7 Å². The minimum Gasteiger partial charge on any atom is -0.493 e. The van der Waals surface area contributed by atoms with Gasteiger partial charge in [0.1, 0.15) is 5.75 Å². The third-order valence-electron chi connectivity index (χ3n) is 4.19. The topological polar surface area (TPSA) is 55.4 Å². The summed E-state index contributed by atoms with van der Waals surface area (Å²) < 4.78 is 5.69. The zero-order valence-electron chi connectivity index (χ0n) is 16.3. The van der Waals surface area contributed by atoms with Crippen molar-refractivity contribution in [3.63, 3.8) is 0 Å². The number of amides is 1. The lowest BCUT2D eigenvalue weighted by Crippen LogP contribution is -2.15. The van der Waals surface area contributed by atoms with Gasteiger partial charge in [0.2, 0.25) is 0 Å². The zero-order valence-corrected chi connectivity index (χ0v) is 17.1. The minimum atomic E-state index is -0.329. The third kappa shape index (κ3) is 5.46. The molecule has 0 aliphatic rings. The SMILES string of the molecule is CC(C)COc1cccc(C(=O)Nc2ccc(Cl)cc2C(=O)c2ccccc2)c1. The quantitative estimate of drug-likeness (QED) is 0.499. The molecule has 4 nitrogen and oxygen atoms in total. The molecule has 0 saturated heterocycles. The number of rotatable bonds is 7. The van der Waals surface area contributed by atoms with Crippen molar-refractivity contribution >= 4 is 29.0 Å². The first-order chi connectivity index (χ1) is 13.9. The van der Waals surface area contributed by atoms with Crippen LogP contribution in [0.1, 0.15) is 40.1 Å². The number of carbonyl (C=O) groups is 2. The fraction of sp³-hybridized carbons (Fsp3) is 0.167. The Morgan fingerprint density at radius 2 is 1.66 bits per heavy atom. The third-order valence-corrected chi connectivity index (χ3v) is 4.43. The van der Waals surface area contributed by atoms with Crippen LogP contribution in [0, 0.1) is 5.92 Å². The standard InChI is InChI=1S/C24H22ClNO3/c1-16(2)15-29-20-10-6-9-18(13-20)24(28)26-22-12-11-19(25)14-21(22)23(27)17-7-4-3-5-8-17/h3-14,16H,15H2,1-2H3,(H,26,28). The van der Waals surface area contributed by atoms with Gasteiger partial charge in [0.05, 0.1) is 12.3 Å². The van der Waals surface area contributed by atoms with Crippen LogP contribution in [0.3, 0.4) is 0 Å². The van der Waals surface area contributed by atoms with Crippen LogP contribution in [0.25, 0.3) is 0 Å². The monoisotopic (exact) mass is 407 g/mol. The van der Waals surface area contributed by atoms with Crippen molar-refractivity contribution in [3.05, 3.63) is 94.5 Å². The van der Waals surface area contributed by atoms with E-state index in [9.17, 15) is 9.59 Å². The van der Waals surface area contributed by atoms with Gasteiger partial charge in [-0.1, -0.05) is 61.8 Å². The molecule has 0 radical (unpaired) electrons. The van der Waals surface area contributed by atoms with E-state index in [1.807, 2.05) is 12.1 Å². The average Bonchev–Trinajstić information content (AvgIpc) is 2.73. The summed E-state index contributed by atoms with van der Waals surface area (Å²) in [5, 5.41) is 3.25. The molecule has 3 aromatic carbocycles. The first-order valence-electron chi connectivity index (χ1n) is 9.37. The first kappa shape index (κ1) is 20.6. The maximum absolute atomic E-state index is 12.9. The lowest BCUT2D eigenvalue weighted by molar-refractivity contribution is 0.102. The summed E-state index contributed by atoms with van der Waals surface area (Å²) in [6.45, 7) is 4.68. The fourth-order valence-corrected chi connectivity index (χ4v) is 2.91. The maximum atomic E-state index is 12.9. The van der Waals surface area contributed by atoms with Crippen molar-refractivity contribution < 1.29 is 14.3 Å². The van der Waals surface area contributed by atoms with Gasteiger partial charge in [-0.2, -0.15) is 0 Å². The van der Waals surface area contributed by atoms with Gasteiger partial charge in [-0.15, -0.1) is 0 Å². The van der Waals surface area contributed by atoms with Crippen LogP contribution in [-0.4, -0.2) is 18.3 Å². The van der Waals surface area contributed by atoms with Gasteiger partial charge in [0, 0.05) is 21.7 Å². The maximum Gasteiger partial charge on any atom is 0.255 e. The number of nitrogens with one attached hydrogen (secondary N) is 1. The van der Waals surface area contributed by atoms with Crippen molar-refractivity contribution in [1.82, 2.24) is 0 Å². The molecule has 3 rings (SSSR count). The summed E-state index contributed by atoms with van der Waals surface area (Å²) in [7, 11) is 0. The van der Waals surface area contributed by atoms with Gasteiger partial charge in [0.15, 0.2) is 5.78 Å².